The van der Waals surface area contributed by atoms with Crippen molar-refractivity contribution in [2.75, 3.05) is 18.8 Å². The average molecular weight is 241 g/mol. The van der Waals surface area contributed by atoms with Gasteiger partial charge in [-0.15, -0.1) is 0 Å². The average Bonchev–Trinajstić information content (AvgIpc) is 2.62. The van der Waals surface area contributed by atoms with Crippen molar-refractivity contribution in [1.82, 2.24) is 4.90 Å². The first-order valence-electron chi connectivity index (χ1n) is 5.09. The Morgan fingerprint density at radius 3 is 2.81 bits per heavy atom. The van der Waals surface area contributed by atoms with E-state index in [1.807, 2.05) is 0 Å². The molecular weight excluding hydrogens is 228 g/mol. The zero-order valence-corrected chi connectivity index (χ0v) is 9.44. The van der Waals surface area contributed by atoms with E-state index < -0.39 is 6.10 Å². The minimum atomic E-state index is -0.416. The highest BCUT2D eigenvalue weighted by molar-refractivity contribution is 6.31. The van der Waals surface area contributed by atoms with E-state index in [-0.39, 0.29) is 5.91 Å². The zero-order valence-electron chi connectivity index (χ0n) is 8.69. The lowest BCUT2D eigenvalue weighted by Gasteiger charge is -2.15. The van der Waals surface area contributed by atoms with Crippen LogP contribution in [0.15, 0.2) is 18.2 Å². The van der Waals surface area contributed by atoms with Gasteiger partial charge in [0.25, 0.3) is 5.91 Å². The number of aliphatic hydroxyl groups is 1. The maximum Gasteiger partial charge on any atom is 0.254 e. The van der Waals surface area contributed by atoms with Crippen LogP contribution in [0.25, 0.3) is 0 Å². The Balaban J connectivity index is 2.20. The number of carbonyl (C=O) groups excluding carboxylic acids is 1. The molecule has 16 heavy (non-hydrogen) atoms. The Morgan fingerprint density at radius 1 is 1.50 bits per heavy atom. The third kappa shape index (κ3) is 2.28. The van der Waals surface area contributed by atoms with Crippen molar-refractivity contribution in [3.05, 3.63) is 28.8 Å². The number of hydrogen-bond acceptors (Lipinski definition) is 3. The number of benzene rings is 1. The fourth-order valence-electron chi connectivity index (χ4n) is 1.84. The van der Waals surface area contributed by atoms with Crippen LogP contribution < -0.4 is 5.73 Å². The van der Waals surface area contributed by atoms with E-state index in [2.05, 4.69) is 0 Å². The summed E-state index contributed by atoms with van der Waals surface area (Å²) in [5.74, 6) is -0.134. The fraction of sp³-hybridized carbons (Fsp3) is 0.364. The maximum absolute atomic E-state index is 12.0. The largest absolute Gasteiger partial charge is 0.399 e. The molecule has 3 N–H and O–H groups in total. The van der Waals surface area contributed by atoms with Crippen molar-refractivity contribution in [3.8, 4) is 0 Å². The second-order valence-corrected chi connectivity index (χ2v) is 4.40. The van der Waals surface area contributed by atoms with Gasteiger partial charge >= 0.3 is 0 Å². The minimum absolute atomic E-state index is 0.134. The summed E-state index contributed by atoms with van der Waals surface area (Å²) >= 11 is 5.83. The van der Waals surface area contributed by atoms with E-state index in [1.54, 1.807) is 23.1 Å². The number of hydrogen-bond donors (Lipinski definition) is 2. The summed E-state index contributed by atoms with van der Waals surface area (Å²) in [6, 6.07) is 4.78. The predicted molar refractivity (Wildman–Crippen MR) is 62.4 cm³/mol. The molecule has 0 bridgehead atoms. The molecule has 1 fully saturated rings. The van der Waals surface area contributed by atoms with Gasteiger partial charge in [0.05, 0.1) is 6.10 Å². The molecular formula is C11H13ClN2O2. The van der Waals surface area contributed by atoms with Crippen molar-refractivity contribution in [3.63, 3.8) is 0 Å². The van der Waals surface area contributed by atoms with Gasteiger partial charge < -0.3 is 15.7 Å². The molecule has 1 unspecified atom stereocenters. The first-order valence-corrected chi connectivity index (χ1v) is 5.47. The summed E-state index contributed by atoms with van der Waals surface area (Å²) in [5, 5.41) is 9.81. The minimum Gasteiger partial charge on any atom is -0.399 e. The molecule has 1 saturated heterocycles. The molecule has 0 aromatic heterocycles. The smallest absolute Gasteiger partial charge is 0.254 e. The number of halogens is 1. The lowest BCUT2D eigenvalue weighted by Crippen LogP contribution is -2.29. The number of nitrogens with two attached hydrogens (primary N) is 1. The Bertz CT molecular complexity index is 402. The van der Waals surface area contributed by atoms with Gasteiger partial charge in [-0.05, 0) is 24.6 Å². The Hall–Kier alpha value is -1.26. The Morgan fingerprint density at radius 2 is 2.25 bits per heavy atom. The highest BCUT2D eigenvalue weighted by Gasteiger charge is 2.25. The van der Waals surface area contributed by atoms with Crippen LogP contribution in [0.4, 0.5) is 5.69 Å². The predicted octanol–water partition coefficient (Wildman–Crippen LogP) is 1.13. The van der Waals surface area contributed by atoms with E-state index in [0.717, 1.165) is 0 Å². The molecule has 4 nitrogen and oxygen atoms in total. The van der Waals surface area contributed by atoms with Crippen LogP contribution >= 0.6 is 11.6 Å². The standard InChI is InChI=1S/C11H13ClN2O2/c12-8-3-7(4-9(13)5-8)11(16)14-2-1-10(15)6-14/h3-5,10,15H,1-2,6,13H2. The molecule has 1 aromatic carbocycles. The summed E-state index contributed by atoms with van der Waals surface area (Å²) in [6.45, 7) is 0.956. The van der Waals surface area contributed by atoms with Crippen LogP contribution in [-0.2, 0) is 0 Å². The number of carbonyl (C=O) groups is 1. The van der Waals surface area contributed by atoms with Gasteiger partial charge in [-0.2, -0.15) is 0 Å². The lowest BCUT2D eigenvalue weighted by molar-refractivity contribution is 0.0765. The molecule has 0 spiro atoms. The molecule has 86 valence electrons. The monoisotopic (exact) mass is 240 g/mol. The van der Waals surface area contributed by atoms with Crippen LogP contribution in [-0.4, -0.2) is 35.1 Å². The topological polar surface area (TPSA) is 66.6 Å². The number of anilines is 1. The quantitative estimate of drug-likeness (QED) is 0.724. The molecule has 2 rings (SSSR count). The number of rotatable bonds is 1. The molecule has 1 aliphatic rings. The van der Waals surface area contributed by atoms with E-state index in [9.17, 15) is 9.90 Å². The zero-order chi connectivity index (χ0) is 11.7. The summed E-state index contributed by atoms with van der Waals surface area (Å²) in [5.41, 5.74) is 6.56. The third-order valence-corrected chi connectivity index (χ3v) is 2.84. The van der Waals surface area contributed by atoms with Gasteiger partial charge in [0.1, 0.15) is 0 Å². The number of amides is 1. The summed E-state index contributed by atoms with van der Waals surface area (Å²) in [4.78, 5) is 13.6. The van der Waals surface area contributed by atoms with Crippen molar-refractivity contribution >= 4 is 23.2 Å². The fourth-order valence-corrected chi connectivity index (χ4v) is 2.09. The number of β-amino-alcohol motifs (C(OH)–C–C–N with tert-alkyl or cyclic N) is 1. The normalized spacial score (nSPS) is 20.1. The molecule has 0 saturated carbocycles. The van der Waals surface area contributed by atoms with Crippen LogP contribution in [0, 0.1) is 0 Å². The van der Waals surface area contributed by atoms with Gasteiger partial charge in [-0.25, -0.2) is 0 Å². The molecule has 1 aromatic rings. The highest BCUT2D eigenvalue weighted by Crippen LogP contribution is 2.20. The SMILES string of the molecule is Nc1cc(Cl)cc(C(=O)N2CCC(O)C2)c1. The number of aliphatic hydroxyl groups excluding tert-OH is 1. The van der Waals surface area contributed by atoms with Crippen molar-refractivity contribution in [1.29, 1.82) is 0 Å². The van der Waals surface area contributed by atoms with Crippen molar-refractivity contribution in [2.45, 2.75) is 12.5 Å². The maximum atomic E-state index is 12.0. The van der Waals surface area contributed by atoms with E-state index in [0.29, 0.717) is 35.8 Å². The van der Waals surface area contributed by atoms with Gasteiger partial charge in [0.2, 0.25) is 0 Å². The molecule has 0 aliphatic carbocycles. The highest BCUT2D eigenvalue weighted by atomic mass is 35.5. The molecule has 1 heterocycles. The second-order valence-electron chi connectivity index (χ2n) is 3.97. The number of likely N-dealkylation sites (tertiary alicyclic amines) is 1. The summed E-state index contributed by atoms with van der Waals surface area (Å²) < 4.78 is 0. The van der Waals surface area contributed by atoms with E-state index >= 15 is 0 Å². The molecule has 5 heteroatoms. The first kappa shape index (κ1) is 11.2. The van der Waals surface area contributed by atoms with Gasteiger partial charge in [-0.3, -0.25) is 4.79 Å². The molecule has 1 aliphatic heterocycles. The summed E-state index contributed by atoms with van der Waals surface area (Å²) in [6.07, 6.45) is 0.211. The van der Waals surface area contributed by atoms with Crippen molar-refractivity contribution in [2.24, 2.45) is 0 Å². The Labute approximate surface area is 98.6 Å². The Kier molecular flexibility index (Phi) is 3.03. The molecule has 1 atom stereocenters. The van der Waals surface area contributed by atoms with Crippen molar-refractivity contribution < 1.29 is 9.90 Å². The van der Waals surface area contributed by atoms with Crippen LogP contribution in [0.2, 0.25) is 5.02 Å². The van der Waals surface area contributed by atoms with E-state index in [4.69, 9.17) is 17.3 Å². The van der Waals surface area contributed by atoms with Crippen LogP contribution in [0.5, 0.6) is 0 Å². The number of nitrogens with zero attached hydrogens (tertiary/aromatic N) is 1. The van der Waals surface area contributed by atoms with Crippen LogP contribution in [0.1, 0.15) is 16.8 Å². The van der Waals surface area contributed by atoms with Gasteiger partial charge in [0, 0.05) is 29.4 Å². The second kappa shape index (κ2) is 4.31. The third-order valence-electron chi connectivity index (χ3n) is 2.62. The van der Waals surface area contributed by atoms with Gasteiger partial charge in [0.15, 0.2) is 0 Å². The van der Waals surface area contributed by atoms with Crippen LogP contribution in [0.3, 0.4) is 0 Å². The summed E-state index contributed by atoms with van der Waals surface area (Å²) in [7, 11) is 0. The van der Waals surface area contributed by atoms with E-state index in [1.165, 1.54) is 0 Å². The molecule has 1 amide bonds. The number of nitrogen functional groups attached to an aromatic ring is 1. The molecule has 0 radical (unpaired) electrons. The van der Waals surface area contributed by atoms with Gasteiger partial charge in [-0.1, -0.05) is 11.6 Å². The first-order chi connectivity index (χ1) is 7.56. The lowest BCUT2D eigenvalue weighted by atomic mass is 10.2.